The molecular weight excluding hydrogens is 303 g/mol. The maximum Gasteiger partial charge on any atom is 0.313 e. The number of anilines is 1. The van der Waals surface area contributed by atoms with E-state index in [0.29, 0.717) is 0 Å². The molecule has 9 heteroatoms. The summed E-state index contributed by atoms with van der Waals surface area (Å²) in [5.74, 6) is -0.904. The van der Waals surface area contributed by atoms with Crippen molar-refractivity contribution in [1.82, 2.24) is 0 Å². The zero-order valence-corrected chi connectivity index (χ0v) is 12.4. The number of nitrogens with zero attached hydrogens (tertiary/aromatic N) is 2. The van der Waals surface area contributed by atoms with Gasteiger partial charge >= 0.3 is 5.69 Å². The standard InChI is InChI=1S/C12H15FN2O5S/c1-8-7-14(3-4-21(8,18)19)10-6-12(20-2)11(15(16)17)5-9(10)13/h5-6,8H,3-4,7H2,1-2H3. The van der Waals surface area contributed by atoms with Crippen LogP contribution in [0.3, 0.4) is 0 Å². The van der Waals surface area contributed by atoms with E-state index in [1.807, 2.05) is 0 Å². The van der Waals surface area contributed by atoms with Crippen molar-refractivity contribution in [2.75, 3.05) is 30.9 Å². The molecule has 0 aromatic heterocycles. The number of hydrogen-bond donors (Lipinski definition) is 0. The molecule has 1 aromatic carbocycles. The third-order valence-electron chi connectivity index (χ3n) is 3.52. The maximum atomic E-state index is 14.1. The zero-order chi connectivity index (χ0) is 15.8. The smallest absolute Gasteiger partial charge is 0.313 e. The van der Waals surface area contributed by atoms with Crippen molar-refractivity contribution in [2.45, 2.75) is 12.2 Å². The summed E-state index contributed by atoms with van der Waals surface area (Å²) in [7, 11) is -1.90. The lowest BCUT2D eigenvalue weighted by atomic mass is 10.2. The molecule has 1 aliphatic heterocycles. The second kappa shape index (κ2) is 5.47. The molecule has 0 N–H and O–H groups in total. The van der Waals surface area contributed by atoms with Crippen LogP contribution in [0.25, 0.3) is 0 Å². The van der Waals surface area contributed by atoms with Crippen molar-refractivity contribution in [3.05, 3.63) is 28.1 Å². The first-order valence-corrected chi connectivity index (χ1v) is 7.96. The molecular formula is C12H15FN2O5S. The number of nitro benzene ring substituents is 1. The van der Waals surface area contributed by atoms with Gasteiger partial charge in [-0.3, -0.25) is 10.1 Å². The number of sulfone groups is 1. The SMILES string of the molecule is COc1cc(N2CCS(=O)(=O)C(C)C2)c(F)cc1[N+](=O)[O-]. The van der Waals surface area contributed by atoms with Crippen molar-refractivity contribution >= 4 is 21.2 Å². The van der Waals surface area contributed by atoms with Gasteiger partial charge in [-0.15, -0.1) is 0 Å². The summed E-state index contributed by atoms with van der Waals surface area (Å²) in [6.07, 6.45) is 0. The van der Waals surface area contributed by atoms with E-state index in [1.165, 1.54) is 13.2 Å². The van der Waals surface area contributed by atoms with E-state index < -0.39 is 31.5 Å². The highest BCUT2D eigenvalue weighted by molar-refractivity contribution is 7.92. The largest absolute Gasteiger partial charge is 0.490 e. The van der Waals surface area contributed by atoms with Crippen LogP contribution in [-0.2, 0) is 9.84 Å². The molecule has 7 nitrogen and oxygen atoms in total. The zero-order valence-electron chi connectivity index (χ0n) is 11.6. The molecule has 1 atom stereocenters. The van der Waals surface area contributed by atoms with Gasteiger partial charge in [-0.1, -0.05) is 0 Å². The summed E-state index contributed by atoms with van der Waals surface area (Å²) < 4.78 is 42.3. The molecule has 1 aromatic rings. The van der Waals surface area contributed by atoms with Crippen LogP contribution >= 0.6 is 0 Å². The first-order chi connectivity index (χ1) is 9.76. The Balaban J connectivity index is 2.39. The van der Waals surface area contributed by atoms with Crippen LogP contribution in [0.15, 0.2) is 12.1 Å². The molecule has 1 heterocycles. The van der Waals surface area contributed by atoms with Crippen LogP contribution in [0, 0.1) is 15.9 Å². The molecule has 116 valence electrons. The topological polar surface area (TPSA) is 89.8 Å². The summed E-state index contributed by atoms with van der Waals surface area (Å²) in [6.45, 7) is 1.84. The number of halogens is 1. The molecule has 21 heavy (non-hydrogen) atoms. The monoisotopic (exact) mass is 318 g/mol. The molecule has 0 bridgehead atoms. The van der Waals surface area contributed by atoms with Gasteiger partial charge in [0.2, 0.25) is 0 Å². The van der Waals surface area contributed by atoms with Crippen LogP contribution in [0.5, 0.6) is 5.75 Å². The number of methoxy groups -OCH3 is 1. The Morgan fingerprint density at radius 1 is 1.48 bits per heavy atom. The number of hydrogen-bond acceptors (Lipinski definition) is 6. The van der Waals surface area contributed by atoms with Crippen molar-refractivity contribution in [3.8, 4) is 5.75 Å². The quantitative estimate of drug-likeness (QED) is 0.617. The predicted octanol–water partition coefficient (Wildman–Crippen LogP) is 1.37. The highest BCUT2D eigenvalue weighted by atomic mass is 32.2. The molecule has 2 rings (SSSR count). The molecule has 0 spiro atoms. The normalized spacial score (nSPS) is 21.1. The third kappa shape index (κ3) is 2.92. The molecule has 0 amide bonds. The van der Waals surface area contributed by atoms with Crippen molar-refractivity contribution < 1.29 is 22.5 Å². The Bertz CT molecular complexity index is 676. The fourth-order valence-electron chi connectivity index (χ4n) is 2.25. The first kappa shape index (κ1) is 15.5. The van der Waals surface area contributed by atoms with Crippen LogP contribution in [-0.4, -0.2) is 44.5 Å². The Morgan fingerprint density at radius 2 is 2.14 bits per heavy atom. The van der Waals surface area contributed by atoms with Crippen molar-refractivity contribution in [1.29, 1.82) is 0 Å². The highest BCUT2D eigenvalue weighted by Gasteiger charge is 2.31. The van der Waals surface area contributed by atoms with Gasteiger partial charge in [0.1, 0.15) is 0 Å². The minimum atomic E-state index is -3.16. The van der Waals surface area contributed by atoms with E-state index in [-0.39, 0.29) is 30.3 Å². The Morgan fingerprint density at radius 3 is 2.67 bits per heavy atom. The van der Waals surface area contributed by atoms with Crippen LogP contribution < -0.4 is 9.64 Å². The van der Waals surface area contributed by atoms with E-state index in [1.54, 1.807) is 11.8 Å². The average Bonchev–Trinajstić information content (AvgIpc) is 2.41. The fraction of sp³-hybridized carbons (Fsp3) is 0.500. The second-order valence-electron chi connectivity index (χ2n) is 4.86. The summed E-state index contributed by atoms with van der Waals surface area (Å²) >= 11 is 0. The van der Waals surface area contributed by atoms with Crippen LogP contribution in [0.2, 0.25) is 0 Å². The molecule has 1 unspecified atom stereocenters. The molecule has 0 saturated carbocycles. The van der Waals surface area contributed by atoms with Gasteiger partial charge in [-0.05, 0) is 6.92 Å². The summed E-state index contributed by atoms with van der Waals surface area (Å²) in [6, 6.07) is 2.03. The van der Waals surface area contributed by atoms with Gasteiger partial charge in [-0.2, -0.15) is 0 Å². The maximum absolute atomic E-state index is 14.1. The first-order valence-electron chi connectivity index (χ1n) is 6.24. The summed E-state index contributed by atoms with van der Waals surface area (Å²) in [5.41, 5.74) is -0.351. The minimum absolute atomic E-state index is 0.0579. The number of rotatable bonds is 3. The molecule has 0 radical (unpaired) electrons. The number of benzene rings is 1. The lowest BCUT2D eigenvalue weighted by Crippen LogP contribution is -2.45. The van der Waals surface area contributed by atoms with Crippen LogP contribution in [0.1, 0.15) is 6.92 Å². The number of ether oxygens (including phenoxy) is 1. The van der Waals surface area contributed by atoms with Gasteiger partial charge in [0.05, 0.1) is 34.8 Å². The lowest BCUT2D eigenvalue weighted by Gasteiger charge is -2.32. The van der Waals surface area contributed by atoms with Gasteiger partial charge in [-0.25, -0.2) is 12.8 Å². The van der Waals surface area contributed by atoms with E-state index >= 15 is 0 Å². The van der Waals surface area contributed by atoms with Gasteiger partial charge in [0.15, 0.2) is 21.4 Å². The van der Waals surface area contributed by atoms with E-state index in [9.17, 15) is 22.9 Å². The summed E-state index contributed by atoms with van der Waals surface area (Å²) in [5, 5.41) is 10.2. The van der Waals surface area contributed by atoms with E-state index in [2.05, 4.69) is 0 Å². The van der Waals surface area contributed by atoms with Gasteiger partial charge < -0.3 is 9.64 Å². The summed E-state index contributed by atoms with van der Waals surface area (Å²) in [4.78, 5) is 11.7. The van der Waals surface area contributed by atoms with Gasteiger partial charge in [0, 0.05) is 19.2 Å². The highest BCUT2D eigenvalue weighted by Crippen LogP contribution is 2.35. The van der Waals surface area contributed by atoms with Crippen molar-refractivity contribution in [3.63, 3.8) is 0 Å². The van der Waals surface area contributed by atoms with Crippen LogP contribution in [0.4, 0.5) is 15.8 Å². The Labute approximate surface area is 121 Å². The molecule has 1 fully saturated rings. The van der Waals surface area contributed by atoms with E-state index in [0.717, 1.165) is 6.07 Å². The lowest BCUT2D eigenvalue weighted by molar-refractivity contribution is -0.385. The fourth-order valence-corrected chi connectivity index (χ4v) is 3.54. The van der Waals surface area contributed by atoms with Crippen molar-refractivity contribution in [2.24, 2.45) is 0 Å². The predicted molar refractivity (Wildman–Crippen MR) is 75.1 cm³/mol. The number of nitro groups is 1. The van der Waals surface area contributed by atoms with E-state index in [4.69, 9.17) is 4.74 Å². The average molecular weight is 318 g/mol. The molecule has 1 aliphatic rings. The molecule has 1 saturated heterocycles. The third-order valence-corrected chi connectivity index (χ3v) is 5.65. The van der Waals surface area contributed by atoms with Gasteiger partial charge in [0.25, 0.3) is 0 Å². The minimum Gasteiger partial charge on any atom is -0.490 e. The Kier molecular flexibility index (Phi) is 4.04. The molecule has 0 aliphatic carbocycles. The second-order valence-corrected chi connectivity index (χ2v) is 7.39. The Hall–Kier alpha value is -1.90.